The van der Waals surface area contributed by atoms with Crippen LogP contribution in [0.5, 0.6) is 0 Å². The first-order valence-electron chi connectivity index (χ1n) is 9.16. The van der Waals surface area contributed by atoms with Crippen LogP contribution < -0.4 is 4.90 Å². The average molecular weight is 404 g/mol. The summed E-state index contributed by atoms with van der Waals surface area (Å²) >= 11 is 5.94. The molecule has 29 heavy (non-hydrogen) atoms. The lowest BCUT2D eigenvalue weighted by Crippen LogP contribution is -2.29. The van der Waals surface area contributed by atoms with E-state index in [-0.39, 0.29) is 11.3 Å². The van der Waals surface area contributed by atoms with Gasteiger partial charge in [-0.3, -0.25) is 14.5 Å². The molecule has 5 heteroatoms. The van der Waals surface area contributed by atoms with Crippen molar-refractivity contribution < 1.29 is 14.7 Å². The molecule has 0 saturated carbocycles. The van der Waals surface area contributed by atoms with Gasteiger partial charge in [-0.1, -0.05) is 59.6 Å². The summed E-state index contributed by atoms with van der Waals surface area (Å²) in [6.07, 6.45) is 0. The highest BCUT2D eigenvalue weighted by Crippen LogP contribution is 2.42. The number of halogens is 1. The molecular formula is C24H18ClNO3. The average Bonchev–Trinajstić information content (AvgIpc) is 3.00. The first kappa shape index (κ1) is 19.0. The molecule has 1 amide bonds. The fourth-order valence-corrected chi connectivity index (χ4v) is 3.64. The number of carbonyl (C=O) groups excluding carboxylic acids is 2. The fourth-order valence-electron chi connectivity index (χ4n) is 3.52. The summed E-state index contributed by atoms with van der Waals surface area (Å²) in [5, 5.41) is 11.5. The number of benzene rings is 3. The van der Waals surface area contributed by atoms with E-state index in [1.54, 1.807) is 36.4 Å². The van der Waals surface area contributed by atoms with E-state index >= 15 is 0 Å². The van der Waals surface area contributed by atoms with Crippen molar-refractivity contribution in [2.24, 2.45) is 0 Å². The summed E-state index contributed by atoms with van der Waals surface area (Å²) in [7, 11) is 0. The molecule has 0 aliphatic carbocycles. The molecule has 3 aromatic carbocycles. The second-order valence-corrected chi connectivity index (χ2v) is 7.36. The number of amides is 1. The van der Waals surface area contributed by atoms with Gasteiger partial charge >= 0.3 is 0 Å². The smallest absolute Gasteiger partial charge is 0.300 e. The lowest BCUT2D eigenvalue weighted by molar-refractivity contribution is -0.132. The van der Waals surface area contributed by atoms with Crippen LogP contribution in [0.25, 0.3) is 5.76 Å². The van der Waals surface area contributed by atoms with Crippen LogP contribution in [-0.4, -0.2) is 16.8 Å². The zero-order chi connectivity index (χ0) is 20.5. The van der Waals surface area contributed by atoms with Gasteiger partial charge in [0.1, 0.15) is 5.76 Å². The molecule has 0 bridgehead atoms. The van der Waals surface area contributed by atoms with Gasteiger partial charge in [0.2, 0.25) is 0 Å². The van der Waals surface area contributed by atoms with Crippen LogP contribution in [0, 0.1) is 6.92 Å². The Morgan fingerprint density at radius 1 is 0.897 bits per heavy atom. The molecule has 1 aliphatic rings. The number of aliphatic hydroxyl groups is 1. The molecule has 1 saturated heterocycles. The minimum absolute atomic E-state index is 0.0593. The summed E-state index contributed by atoms with van der Waals surface area (Å²) in [6, 6.07) is 22.4. The molecule has 1 atom stereocenters. The van der Waals surface area contributed by atoms with Gasteiger partial charge in [0.05, 0.1) is 11.6 Å². The zero-order valence-corrected chi connectivity index (χ0v) is 16.4. The summed E-state index contributed by atoms with van der Waals surface area (Å²) in [5.41, 5.74) is 2.87. The number of aliphatic hydroxyl groups excluding tert-OH is 1. The van der Waals surface area contributed by atoms with Crippen molar-refractivity contribution in [1.82, 2.24) is 0 Å². The Balaban J connectivity index is 1.93. The number of rotatable bonds is 3. The van der Waals surface area contributed by atoms with Crippen LogP contribution in [0.4, 0.5) is 5.69 Å². The Morgan fingerprint density at radius 2 is 1.52 bits per heavy atom. The van der Waals surface area contributed by atoms with E-state index in [0.29, 0.717) is 16.3 Å². The number of hydrogen-bond donors (Lipinski definition) is 1. The highest BCUT2D eigenvalue weighted by Gasteiger charge is 2.46. The number of carbonyl (C=O) groups is 2. The highest BCUT2D eigenvalue weighted by molar-refractivity contribution is 6.51. The van der Waals surface area contributed by atoms with Crippen LogP contribution in [0.3, 0.4) is 0 Å². The molecule has 4 rings (SSSR count). The maximum absolute atomic E-state index is 13.0. The Bertz CT molecular complexity index is 1100. The predicted molar refractivity (Wildman–Crippen MR) is 114 cm³/mol. The van der Waals surface area contributed by atoms with Gasteiger partial charge in [-0.05, 0) is 48.9 Å². The minimum Gasteiger partial charge on any atom is -0.507 e. The van der Waals surface area contributed by atoms with E-state index in [1.165, 1.54) is 4.90 Å². The van der Waals surface area contributed by atoms with Crippen molar-refractivity contribution in [2.75, 3.05) is 4.90 Å². The van der Waals surface area contributed by atoms with E-state index in [9.17, 15) is 14.7 Å². The number of ketones is 1. The standard InChI is InChI=1S/C24H18ClNO3/c1-15-7-13-19(14-8-15)26-21(16-5-3-2-4-6-16)20(23(28)24(26)29)22(27)17-9-11-18(25)12-10-17/h2-14,21,27H,1H3/b22-20+/t21-/m0/s1. The molecule has 1 heterocycles. The van der Waals surface area contributed by atoms with Crippen molar-refractivity contribution in [3.05, 3.63) is 106 Å². The lowest BCUT2D eigenvalue weighted by atomic mass is 9.95. The monoisotopic (exact) mass is 403 g/mol. The third-order valence-electron chi connectivity index (χ3n) is 4.99. The summed E-state index contributed by atoms with van der Waals surface area (Å²) in [4.78, 5) is 27.4. The first-order chi connectivity index (χ1) is 14.0. The molecule has 4 nitrogen and oxygen atoms in total. The van der Waals surface area contributed by atoms with E-state index in [2.05, 4.69) is 0 Å². The van der Waals surface area contributed by atoms with Crippen LogP contribution in [0.1, 0.15) is 22.7 Å². The van der Waals surface area contributed by atoms with Crippen LogP contribution in [0.15, 0.2) is 84.4 Å². The maximum Gasteiger partial charge on any atom is 0.300 e. The second-order valence-electron chi connectivity index (χ2n) is 6.92. The number of Topliss-reactive ketones (excluding diaryl/α,β-unsaturated/α-hetero) is 1. The molecular weight excluding hydrogens is 386 g/mol. The molecule has 0 radical (unpaired) electrons. The second kappa shape index (κ2) is 7.57. The van der Waals surface area contributed by atoms with Crippen molar-refractivity contribution in [2.45, 2.75) is 13.0 Å². The summed E-state index contributed by atoms with van der Waals surface area (Å²) < 4.78 is 0. The number of hydrogen-bond acceptors (Lipinski definition) is 3. The van der Waals surface area contributed by atoms with Crippen LogP contribution >= 0.6 is 11.6 Å². The third kappa shape index (κ3) is 3.43. The van der Waals surface area contributed by atoms with Crippen molar-refractivity contribution >= 4 is 34.7 Å². The van der Waals surface area contributed by atoms with Gasteiger partial charge in [-0.2, -0.15) is 0 Å². The molecule has 1 aliphatic heterocycles. The van der Waals surface area contributed by atoms with Crippen LogP contribution in [-0.2, 0) is 9.59 Å². The Labute approximate surface area is 173 Å². The van der Waals surface area contributed by atoms with Gasteiger partial charge in [0.15, 0.2) is 0 Å². The SMILES string of the molecule is Cc1ccc(N2C(=O)C(=O)/C(=C(/O)c3ccc(Cl)cc3)[C@@H]2c2ccccc2)cc1. The normalized spacial score (nSPS) is 18.3. The fraction of sp³-hybridized carbons (Fsp3) is 0.0833. The topological polar surface area (TPSA) is 57.6 Å². The van der Waals surface area contributed by atoms with Crippen LogP contribution in [0.2, 0.25) is 5.02 Å². The van der Waals surface area contributed by atoms with E-state index in [1.807, 2.05) is 49.4 Å². The predicted octanol–water partition coefficient (Wildman–Crippen LogP) is 5.27. The van der Waals surface area contributed by atoms with Crippen molar-refractivity contribution in [1.29, 1.82) is 0 Å². The Kier molecular flexibility index (Phi) is 4.95. The van der Waals surface area contributed by atoms with Gasteiger partial charge in [0, 0.05) is 16.3 Å². The number of anilines is 1. The summed E-state index contributed by atoms with van der Waals surface area (Å²) in [5.74, 6) is -1.60. The van der Waals surface area contributed by atoms with Gasteiger partial charge in [0.25, 0.3) is 11.7 Å². The molecule has 0 unspecified atom stereocenters. The molecule has 0 aromatic heterocycles. The van der Waals surface area contributed by atoms with E-state index < -0.39 is 17.7 Å². The quantitative estimate of drug-likeness (QED) is 0.368. The van der Waals surface area contributed by atoms with Gasteiger partial charge in [-0.25, -0.2) is 0 Å². The van der Waals surface area contributed by atoms with Crippen molar-refractivity contribution in [3.8, 4) is 0 Å². The zero-order valence-electron chi connectivity index (χ0n) is 15.7. The van der Waals surface area contributed by atoms with Crippen molar-refractivity contribution in [3.63, 3.8) is 0 Å². The van der Waals surface area contributed by atoms with E-state index in [4.69, 9.17) is 11.6 Å². The molecule has 3 aromatic rings. The van der Waals surface area contributed by atoms with Gasteiger partial charge < -0.3 is 5.11 Å². The van der Waals surface area contributed by atoms with E-state index in [0.717, 1.165) is 11.1 Å². The minimum atomic E-state index is -0.727. The third-order valence-corrected chi connectivity index (χ3v) is 5.24. The number of nitrogens with zero attached hydrogens (tertiary/aromatic N) is 1. The van der Waals surface area contributed by atoms with Gasteiger partial charge in [-0.15, -0.1) is 0 Å². The molecule has 1 fully saturated rings. The molecule has 144 valence electrons. The number of aryl methyl sites for hydroxylation is 1. The highest BCUT2D eigenvalue weighted by atomic mass is 35.5. The Hall–Kier alpha value is -3.37. The Morgan fingerprint density at radius 3 is 2.14 bits per heavy atom. The maximum atomic E-state index is 13.0. The molecule has 0 spiro atoms. The lowest BCUT2D eigenvalue weighted by Gasteiger charge is -2.25. The largest absolute Gasteiger partial charge is 0.507 e. The molecule has 1 N–H and O–H groups in total. The summed E-state index contributed by atoms with van der Waals surface area (Å²) in [6.45, 7) is 1.95. The first-order valence-corrected chi connectivity index (χ1v) is 9.53.